The van der Waals surface area contributed by atoms with E-state index >= 15 is 0 Å². The Hall–Kier alpha value is -2.64. The molecule has 2 atom stereocenters. The number of hydrogen-bond donors (Lipinski definition) is 3. The molecule has 1 aliphatic rings. The number of nitrogens with one attached hydrogen (secondary N) is 1. The van der Waals surface area contributed by atoms with E-state index in [-0.39, 0.29) is 24.7 Å². The molecular weight excluding hydrogens is 651 g/mol. The van der Waals surface area contributed by atoms with Crippen LogP contribution in [0.2, 0.25) is 0 Å². The van der Waals surface area contributed by atoms with Crippen molar-refractivity contribution in [2.45, 2.75) is 194 Å². The molecule has 52 heavy (non-hydrogen) atoms. The maximum atomic E-state index is 13.0. The highest BCUT2D eigenvalue weighted by molar-refractivity contribution is 5.84. The first-order chi connectivity index (χ1) is 25.4. The number of nitrogens with zero attached hydrogens (tertiary/aromatic N) is 2. The Morgan fingerprint density at radius 2 is 1.25 bits per heavy atom. The van der Waals surface area contributed by atoms with E-state index in [9.17, 15) is 19.5 Å². The fourth-order valence-electron chi connectivity index (χ4n) is 7.14. The zero-order chi connectivity index (χ0) is 37.9. The number of amidine groups is 1. The highest BCUT2D eigenvalue weighted by Gasteiger charge is 2.28. The number of unbranched alkanes of at least 4 members (excludes halogenated alkanes) is 20. The number of hydrogen-bond acceptors (Lipinski definition) is 5. The molecule has 0 fully saturated rings. The number of amides is 1. The first kappa shape index (κ1) is 47.4. The molecule has 8 nitrogen and oxygen atoms in total. The van der Waals surface area contributed by atoms with Crippen molar-refractivity contribution in [3.63, 3.8) is 0 Å². The summed E-state index contributed by atoms with van der Waals surface area (Å²) >= 11 is 0. The number of allylic oxidation sites excluding steroid dienone is 4. The third-order valence-corrected chi connectivity index (χ3v) is 10.4. The summed E-state index contributed by atoms with van der Waals surface area (Å²) in [6.45, 7) is 7.37. The van der Waals surface area contributed by atoms with Gasteiger partial charge in [0.2, 0.25) is 5.91 Å². The van der Waals surface area contributed by atoms with Crippen molar-refractivity contribution in [2.75, 3.05) is 26.2 Å². The van der Waals surface area contributed by atoms with Crippen LogP contribution in [-0.2, 0) is 14.4 Å². The van der Waals surface area contributed by atoms with Crippen LogP contribution in [0.4, 0.5) is 0 Å². The third kappa shape index (κ3) is 27.0. The largest absolute Gasteiger partial charge is 0.481 e. The van der Waals surface area contributed by atoms with Crippen molar-refractivity contribution in [1.82, 2.24) is 10.2 Å². The lowest BCUT2D eigenvalue weighted by molar-refractivity contribution is -0.145. The van der Waals surface area contributed by atoms with Crippen LogP contribution in [0.25, 0.3) is 0 Å². The van der Waals surface area contributed by atoms with Crippen LogP contribution < -0.4 is 5.32 Å². The van der Waals surface area contributed by atoms with Crippen LogP contribution in [0.1, 0.15) is 194 Å². The first-order valence-corrected chi connectivity index (χ1v) is 21.7. The maximum absolute atomic E-state index is 13.0. The third-order valence-electron chi connectivity index (χ3n) is 10.4. The minimum absolute atomic E-state index is 0.00870. The zero-order valence-corrected chi connectivity index (χ0v) is 33.6. The number of carbonyl (C=O) groups excluding carboxylic acids is 1. The SMILES string of the molecule is CCCCCCCC/C=C\CCCCCCCC1=NCCN1CCNC(=O)CC(C(=O)O)C(/C=C\CCCCCCC(=O)O)CCCCCCCC. The lowest BCUT2D eigenvalue weighted by atomic mass is 9.84. The summed E-state index contributed by atoms with van der Waals surface area (Å²) in [5.41, 5.74) is 0. The number of aliphatic imine (C=N–C) groups is 1. The van der Waals surface area contributed by atoms with E-state index in [0.717, 1.165) is 83.1 Å². The molecule has 0 radical (unpaired) electrons. The van der Waals surface area contributed by atoms with Gasteiger partial charge >= 0.3 is 11.9 Å². The summed E-state index contributed by atoms with van der Waals surface area (Å²) in [5.74, 6) is -1.61. The van der Waals surface area contributed by atoms with E-state index < -0.39 is 17.9 Å². The molecule has 0 saturated heterocycles. The molecule has 0 aromatic rings. The van der Waals surface area contributed by atoms with Crippen LogP contribution in [0.5, 0.6) is 0 Å². The molecule has 0 spiro atoms. The highest BCUT2D eigenvalue weighted by atomic mass is 16.4. The monoisotopic (exact) mass is 730 g/mol. The minimum atomic E-state index is -0.904. The van der Waals surface area contributed by atoms with Gasteiger partial charge in [0, 0.05) is 38.9 Å². The lowest BCUT2D eigenvalue weighted by Gasteiger charge is -2.23. The van der Waals surface area contributed by atoms with Crippen molar-refractivity contribution >= 4 is 23.7 Å². The maximum Gasteiger partial charge on any atom is 0.307 e. The van der Waals surface area contributed by atoms with E-state index in [1.165, 1.54) is 96.3 Å². The van der Waals surface area contributed by atoms with E-state index in [4.69, 9.17) is 10.1 Å². The van der Waals surface area contributed by atoms with Crippen LogP contribution in [0.15, 0.2) is 29.3 Å². The quantitative estimate of drug-likeness (QED) is 0.0432. The van der Waals surface area contributed by atoms with Crippen LogP contribution in [0.3, 0.4) is 0 Å². The van der Waals surface area contributed by atoms with Crippen molar-refractivity contribution in [2.24, 2.45) is 16.8 Å². The fourth-order valence-corrected chi connectivity index (χ4v) is 7.14. The van der Waals surface area contributed by atoms with Gasteiger partial charge in [0.25, 0.3) is 0 Å². The van der Waals surface area contributed by atoms with Crippen molar-refractivity contribution in [3.05, 3.63) is 24.3 Å². The van der Waals surface area contributed by atoms with Crippen LogP contribution in [-0.4, -0.2) is 65.0 Å². The van der Waals surface area contributed by atoms with E-state index in [1.54, 1.807) is 0 Å². The van der Waals surface area contributed by atoms with E-state index in [2.05, 4.69) is 42.3 Å². The summed E-state index contributed by atoms with van der Waals surface area (Å²) in [5, 5.41) is 22.0. The number of carboxylic acid groups (broad SMARTS) is 2. The Balaban J connectivity index is 2.38. The van der Waals surface area contributed by atoms with Crippen molar-refractivity contribution in [1.29, 1.82) is 0 Å². The van der Waals surface area contributed by atoms with Crippen LogP contribution >= 0.6 is 0 Å². The molecular formula is C44H79N3O5. The molecule has 0 aliphatic carbocycles. The number of carboxylic acids is 2. The molecule has 2 unspecified atom stereocenters. The number of carbonyl (C=O) groups is 3. The van der Waals surface area contributed by atoms with Gasteiger partial charge in [-0.25, -0.2) is 0 Å². The molecule has 1 aliphatic heterocycles. The van der Waals surface area contributed by atoms with Gasteiger partial charge in [-0.3, -0.25) is 19.4 Å². The molecule has 3 N–H and O–H groups in total. The van der Waals surface area contributed by atoms with Gasteiger partial charge in [-0.15, -0.1) is 0 Å². The highest BCUT2D eigenvalue weighted by Crippen LogP contribution is 2.26. The van der Waals surface area contributed by atoms with Gasteiger partial charge in [0.05, 0.1) is 18.3 Å². The van der Waals surface area contributed by atoms with Gasteiger partial charge in [0.1, 0.15) is 0 Å². The van der Waals surface area contributed by atoms with Crippen LogP contribution in [0, 0.1) is 11.8 Å². The van der Waals surface area contributed by atoms with Gasteiger partial charge in [-0.05, 0) is 63.7 Å². The van der Waals surface area contributed by atoms with Gasteiger partial charge in [0.15, 0.2) is 0 Å². The van der Waals surface area contributed by atoms with E-state index in [0.29, 0.717) is 19.5 Å². The average molecular weight is 730 g/mol. The van der Waals surface area contributed by atoms with Gasteiger partial charge in [-0.2, -0.15) is 0 Å². The van der Waals surface area contributed by atoms with Gasteiger partial charge in [-0.1, -0.05) is 141 Å². The first-order valence-electron chi connectivity index (χ1n) is 21.7. The predicted molar refractivity (Wildman–Crippen MR) is 218 cm³/mol. The summed E-state index contributed by atoms with van der Waals surface area (Å²) in [6.07, 6.45) is 38.9. The molecule has 0 bridgehead atoms. The average Bonchev–Trinajstić information content (AvgIpc) is 3.57. The van der Waals surface area contributed by atoms with Gasteiger partial charge < -0.3 is 20.4 Å². The number of aliphatic carboxylic acids is 2. The Kier molecular flexibility index (Phi) is 31.1. The summed E-state index contributed by atoms with van der Waals surface area (Å²) in [7, 11) is 0. The summed E-state index contributed by atoms with van der Waals surface area (Å²) < 4.78 is 0. The second-order valence-corrected chi connectivity index (χ2v) is 15.1. The standard InChI is InChI=1S/C44H79N3O5/c1-3-5-7-9-11-12-13-14-15-16-17-18-19-24-28-32-41-45-34-36-47(41)37-35-46-42(48)38-40(44(51)52)39(30-26-22-10-8-6-4-2)31-27-23-20-21-25-29-33-43(49)50/h14-15,27,31,39-40H,3-13,16-26,28-30,32-38H2,1-2H3,(H,46,48)(H,49,50)(H,51,52)/b15-14-,31-27-. The Morgan fingerprint density at radius 1 is 0.712 bits per heavy atom. The predicted octanol–water partition coefficient (Wildman–Crippen LogP) is 11.3. The Bertz CT molecular complexity index is 994. The lowest BCUT2D eigenvalue weighted by Crippen LogP contribution is -2.38. The zero-order valence-electron chi connectivity index (χ0n) is 33.6. The summed E-state index contributed by atoms with van der Waals surface area (Å²) in [4.78, 5) is 43.2. The minimum Gasteiger partial charge on any atom is -0.481 e. The normalized spacial score (nSPS) is 14.3. The molecule has 1 rings (SSSR count). The van der Waals surface area contributed by atoms with E-state index in [1.807, 2.05) is 6.08 Å². The Labute approximate surface area is 318 Å². The topological polar surface area (TPSA) is 119 Å². The molecule has 1 heterocycles. The second kappa shape index (κ2) is 34.1. The Morgan fingerprint density at radius 3 is 1.85 bits per heavy atom. The molecule has 0 aromatic heterocycles. The fraction of sp³-hybridized carbons (Fsp3) is 0.818. The smallest absolute Gasteiger partial charge is 0.307 e. The molecule has 8 heteroatoms. The molecule has 0 saturated carbocycles. The molecule has 300 valence electrons. The number of rotatable bonds is 37. The van der Waals surface area contributed by atoms with Crippen molar-refractivity contribution < 1.29 is 24.6 Å². The van der Waals surface area contributed by atoms with Crippen molar-refractivity contribution in [3.8, 4) is 0 Å². The molecule has 1 amide bonds. The second-order valence-electron chi connectivity index (χ2n) is 15.1. The molecule has 0 aromatic carbocycles. The summed E-state index contributed by atoms with van der Waals surface area (Å²) in [6, 6.07) is 0.